The second kappa shape index (κ2) is 4.13. The summed E-state index contributed by atoms with van der Waals surface area (Å²) in [6, 6.07) is 5.73. The highest BCUT2D eigenvalue weighted by Gasteiger charge is 2.02. The third-order valence-electron chi connectivity index (χ3n) is 2.31. The molecule has 0 saturated heterocycles. The number of carbonyl (C=O) groups is 1. The van der Waals surface area contributed by atoms with E-state index >= 15 is 0 Å². The topological polar surface area (TPSA) is 46.9 Å². The molecule has 15 heavy (non-hydrogen) atoms. The molecule has 1 aromatic heterocycles. The van der Waals surface area contributed by atoms with Gasteiger partial charge in [0.05, 0.1) is 17.4 Å². The largest absolute Gasteiger partial charge is 0.331 e. The lowest BCUT2D eigenvalue weighted by Gasteiger charge is -2.02. The monoisotopic (exact) mass is 203 g/mol. The van der Waals surface area contributed by atoms with Crippen molar-refractivity contribution in [3.05, 3.63) is 24.5 Å². The lowest BCUT2D eigenvalue weighted by atomic mass is 10.2. The number of anilines is 1. The highest BCUT2D eigenvalue weighted by molar-refractivity contribution is 5.83. The number of rotatable bonds is 4. The van der Waals surface area contributed by atoms with Crippen molar-refractivity contribution in [3.8, 4) is 0 Å². The fourth-order valence-corrected chi connectivity index (χ4v) is 1.64. The zero-order valence-electron chi connectivity index (χ0n) is 8.60. The fourth-order valence-electron chi connectivity index (χ4n) is 1.64. The number of carbonyl (C=O) groups excluding carboxylic acids is 1. The minimum absolute atomic E-state index is 0.671. The maximum absolute atomic E-state index is 10.3. The van der Waals surface area contributed by atoms with Crippen LogP contribution in [0.25, 0.3) is 11.0 Å². The summed E-state index contributed by atoms with van der Waals surface area (Å²) in [5, 5.41) is 2.61. The van der Waals surface area contributed by atoms with Gasteiger partial charge >= 0.3 is 0 Å². The molecule has 2 rings (SSSR count). The zero-order chi connectivity index (χ0) is 10.7. The molecule has 1 amide bonds. The maximum Gasteiger partial charge on any atom is 0.211 e. The normalized spacial score (nSPS) is 10.5. The Balaban J connectivity index is 2.42. The summed E-state index contributed by atoms with van der Waals surface area (Å²) in [5.41, 5.74) is 2.79. The molecule has 0 aliphatic carbocycles. The van der Waals surface area contributed by atoms with Crippen LogP contribution in [0.2, 0.25) is 0 Å². The zero-order valence-corrected chi connectivity index (χ0v) is 8.60. The number of hydrogen-bond acceptors (Lipinski definition) is 2. The van der Waals surface area contributed by atoms with Gasteiger partial charge in [-0.2, -0.15) is 0 Å². The predicted molar refractivity (Wildman–Crippen MR) is 59.7 cm³/mol. The molecule has 0 atom stereocenters. The summed E-state index contributed by atoms with van der Waals surface area (Å²) >= 11 is 0. The van der Waals surface area contributed by atoms with Crippen molar-refractivity contribution in [1.29, 1.82) is 0 Å². The Morgan fingerprint density at radius 3 is 3.13 bits per heavy atom. The van der Waals surface area contributed by atoms with Crippen LogP contribution in [-0.2, 0) is 11.3 Å². The highest BCUT2D eigenvalue weighted by Crippen LogP contribution is 2.17. The van der Waals surface area contributed by atoms with E-state index in [1.54, 1.807) is 0 Å². The van der Waals surface area contributed by atoms with E-state index < -0.39 is 0 Å². The Bertz CT molecular complexity index is 476. The number of nitrogens with zero attached hydrogens (tertiary/aromatic N) is 2. The van der Waals surface area contributed by atoms with Gasteiger partial charge in [0.15, 0.2) is 0 Å². The maximum atomic E-state index is 10.3. The molecule has 0 spiro atoms. The SMILES string of the molecule is CCCn1cnc2cc(NC=O)ccc21. The van der Waals surface area contributed by atoms with Crippen LogP contribution in [0.15, 0.2) is 24.5 Å². The lowest BCUT2D eigenvalue weighted by molar-refractivity contribution is -0.105. The Hall–Kier alpha value is -1.84. The van der Waals surface area contributed by atoms with Gasteiger partial charge in [0.25, 0.3) is 0 Å². The Labute approximate surface area is 87.9 Å². The van der Waals surface area contributed by atoms with E-state index in [0.29, 0.717) is 6.41 Å². The number of fused-ring (bicyclic) bond motifs is 1. The van der Waals surface area contributed by atoms with Gasteiger partial charge < -0.3 is 9.88 Å². The summed E-state index contributed by atoms with van der Waals surface area (Å²) in [7, 11) is 0. The van der Waals surface area contributed by atoms with Gasteiger partial charge in [0.1, 0.15) is 0 Å². The molecular formula is C11H13N3O. The van der Waals surface area contributed by atoms with E-state index in [1.165, 1.54) is 0 Å². The van der Waals surface area contributed by atoms with Gasteiger partial charge in [0.2, 0.25) is 6.41 Å². The van der Waals surface area contributed by atoms with Gasteiger partial charge in [-0.3, -0.25) is 4.79 Å². The average molecular weight is 203 g/mol. The number of amides is 1. The first-order valence-electron chi connectivity index (χ1n) is 5.00. The van der Waals surface area contributed by atoms with Crippen molar-refractivity contribution in [1.82, 2.24) is 9.55 Å². The molecule has 0 bridgehead atoms. The third kappa shape index (κ3) is 1.83. The van der Waals surface area contributed by atoms with E-state index in [-0.39, 0.29) is 0 Å². The number of nitrogens with one attached hydrogen (secondary N) is 1. The summed E-state index contributed by atoms with van der Waals surface area (Å²) in [5.74, 6) is 0. The van der Waals surface area contributed by atoms with Gasteiger partial charge in [-0.15, -0.1) is 0 Å². The molecule has 0 saturated carbocycles. The van der Waals surface area contributed by atoms with Crippen LogP contribution in [0.1, 0.15) is 13.3 Å². The third-order valence-corrected chi connectivity index (χ3v) is 2.31. The highest BCUT2D eigenvalue weighted by atomic mass is 16.1. The van der Waals surface area contributed by atoms with Crippen molar-refractivity contribution in [2.75, 3.05) is 5.32 Å². The number of aromatic nitrogens is 2. The van der Waals surface area contributed by atoms with E-state index in [0.717, 1.165) is 29.7 Å². The van der Waals surface area contributed by atoms with E-state index in [4.69, 9.17) is 0 Å². The van der Waals surface area contributed by atoms with Crippen LogP contribution in [0.3, 0.4) is 0 Å². The first-order chi connectivity index (χ1) is 7.35. The van der Waals surface area contributed by atoms with Gasteiger partial charge in [0, 0.05) is 12.2 Å². The Morgan fingerprint density at radius 2 is 2.40 bits per heavy atom. The first-order valence-corrected chi connectivity index (χ1v) is 5.00. The van der Waals surface area contributed by atoms with Crippen LogP contribution in [0.5, 0.6) is 0 Å². The molecule has 0 aliphatic heterocycles. The van der Waals surface area contributed by atoms with Gasteiger partial charge in [-0.05, 0) is 24.6 Å². The van der Waals surface area contributed by atoms with E-state index in [2.05, 4.69) is 21.8 Å². The molecule has 1 aromatic carbocycles. The van der Waals surface area contributed by atoms with Crippen molar-refractivity contribution in [3.63, 3.8) is 0 Å². The summed E-state index contributed by atoms with van der Waals surface area (Å²) in [4.78, 5) is 14.6. The lowest BCUT2D eigenvalue weighted by Crippen LogP contribution is -1.95. The number of hydrogen-bond donors (Lipinski definition) is 1. The van der Waals surface area contributed by atoms with Crippen molar-refractivity contribution < 1.29 is 4.79 Å². The smallest absolute Gasteiger partial charge is 0.211 e. The Morgan fingerprint density at radius 1 is 1.53 bits per heavy atom. The quantitative estimate of drug-likeness (QED) is 0.773. The molecule has 1 N–H and O–H groups in total. The summed E-state index contributed by atoms with van der Waals surface area (Å²) in [6.07, 6.45) is 3.59. The average Bonchev–Trinajstić information content (AvgIpc) is 2.62. The molecule has 0 aliphatic rings. The number of benzene rings is 1. The first kappa shape index (κ1) is 9.71. The number of aryl methyl sites for hydroxylation is 1. The number of imidazole rings is 1. The van der Waals surface area contributed by atoms with Crippen LogP contribution in [-0.4, -0.2) is 16.0 Å². The van der Waals surface area contributed by atoms with Crippen molar-refractivity contribution in [2.24, 2.45) is 0 Å². The van der Waals surface area contributed by atoms with Crippen LogP contribution < -0.4 is 5.32 Å². The molecule has 0 unspecified atom stereocenters. The van der Waals surface area contributed by atoms with Crippen LogP contribution in [0, 0.1) is 0 Å². The van der Waals surface area contributed by atoms with Gasteiger partial charge in [-0.25, -0.2) is 4.98 Å². The minimum Gasteiger partial charge on any atom is -0.331 e. The second-order valence-corrected chi connectivity index (χ2v) is 3.40. The molecule has 2 aromatic rings. The predicted octanol–water partition coefficient (Wildman–Crippen LogP) is 2.01. The van der Waals surface area contributed by atoms with Crippen molar-refractivity contribution >= 4 is 23.1 Å². The second-order valence-electron chi connectivity index (χ2n) is 3.40. The molecular weight excluding hydrogens is 190 g/mol. The molecule has 4 heteroatoms. The van der Waals surface area contributed by atoms with E-state index in [9.17, 15) is 4.79 Å². The molecule has 0 radical (unpaired) electrons. The van der Waals surface area contributed by atoms with E-state index in [1.807, 2.05) is 24.5 Å². The minimum atomic E-state index is 0.671. The standard InChI is InChI=1S/C11H13N3O/c1-2-5-14-7-12-10-6-9(13-8-15)3-4-11(10)14/h3-4,6-8H,2,5H2,1H3,(H,13,15). The molecule has 78 valence electrons. The van der Waals surface area contributed by atoms with Crippen molar-refractivity contribution in [2.45, 2.75) is 19.9 Å². The summed E-state index contributed by atoms with van der Waals surface area (Å²) in [6.45, 7) is 3.10. The fraction of sp³-hybridized carbons (Fsp3) is 0.273. The van der Waals surface area contributed by atoms with Crippen LogP contribution >= 0.6 is 0 Å². The molecule has 1 heterocycles. The molecule has 4 nitrogen and oxygen atoms in total. The van der Waals surface area contributed by atoms with Gasteiger partial charge in [-0.1, -0.05) is 6.92 Å². The van der Waals surface area contributed by atoms with Crippen LogP contribution in [0.4, 0.5) is 5.69 Å². The Kier molecular flexibility index (Phi) is 2.67. The molecule has 0 fully saturated rings. The summed E-state index contributed by atoms with van der Waals surface area (Å²) < 4.78 is 2.11.